The Kier molecular flexibility index (Phi) is 4.43. The summed E-state index contributed by atoms with van der Waals surface area (Å²) in [7, 11) is -3.64. The van der Waals surface area contributed by atoms with Gasteiger partial charge in [-0.3, -0.25) is 4.79 Å². The van der Waals surface area contributed by atoms with Gasteiger partial charge in [-0.15, -0.1) is 0 Å². The number of benzene rings is 1. The summed E-state index contributed by atoms with van der Waals surface area (Å²) >= 11 is 0. The molecule has 0 heterocycles. The molecule has 1 aromatic rings. The molecule has 2 N–H and O–H groups in total. The molecule has 2 rings (SSSR count). The molecular formula is C15H16N2O5S. The second-order valence-electron chi connectivity index (χ2n) is 5.68. The molecule has 1 saturated carbocycles. The SMILES string of the molecule is CS(=O)(=O)c1cc(NC(=O)C2(C#N)CCCC2)cc(C(=O)O)c1. The highest BCUT2D eigenvalue weighted by molar-refractivity contribution is 7.90. The van der Waals surface area contributed by atoms with Crippen molar-refractivity contribution in [2.24, 2.45) is 5.41 Å². The number of nitriles is 1. The standard InChI is InChI=1S/C15H16N2O5S/c1-23(21,22)12-7-10(13(18)19)6-11(8-12)17-14(20)15(9-16)4-2-3-5-15/h6-8H,2-5H2,1H3,(H,17,20)(H,18,19). The second-order valence-corrected chi connectivity index (χ2v) is 7.69. The first-order valence-corrected chi connectivity index (χ1v) is 8.88. The van der Waals surface area contributed by atoms with E-state index >= 15 is 0 Å². The molecule has 23 heavy (non-hydrogen) atoms. The van der Waals surface area contributed by atoms with Crippen molar-refractivity contribution in [1.29, 1.82) is 5.26 Å². The van der Waals surface area contributed by atoms with Crippen molar-refractivity contribution in [2.75, 3.05) is 11.6 Å². The minimum Gasteiger partial charge on any atom is -0.478 e. The summed E-state index contributed by atoms with van der Waals surface area (Å²) in [6, 6.07) is 5.43. The molecule has 1 aliphatic carbocycles. The minimum absolute atomic E-state index is 0.0526. The number of nitrogens with one attached hydrogen (secondary N) is 1. The van der Waals surface area contributed by atoms with E-state index in [0.717, 1.165) is 25.2 Å². The molecule has 1 amide bonds. The molecular weight excluding hydrogens is 320 g/mol. The van der Waals surface area contributed by atoms with Crippen LogP contribution in [0, 0.1) is 16.7 Å². The smallest absolute Gasteiger partial charge is 0.335 e. The van der Waals surface area contributed by atoms with Gasteiger partial charge in [-0.1, -0.05) is 12.8 Å². The maximum atomic E-state index is 12.4. The predicted molar refractivity (Wildman–Crippen MR) is 81.7 cm³/mol. The average molecular weight is 336 g/mol. The number of carboxylic acid groups (broad SMARTS) is 1. The topological polar surface area (TPSA) is 124 Å². The van der Waals surface area contributed by atoms with Gasteiger partial charge in [0.15, 0.2) is 9.84 Å². The molecule has 0 spiro atoms. The van der Waals surface area contributed by atoms with Gasteiger partial charge in [-0.05, 0) is 31.0 Å². The number of aromatic carboxylic acids is 1. The number of nitrogens with zero attached hydrogens (tertiary/aromatic N) is 1. The largest absolute Gasteiger partial charge is 0.478 e. The lowest BCUT2D eigenvalue weighted by Crippen LogP contribution is -2.32. The van der Waals surface area contributed by atoms with Gasteiger partial charge in [0.05, 0.1) is 16.5 Å². The van der Waals surface area contributed by atoms with Crippen molar-refractivity contribution in [3.05, 3.63) is 23.8 Å². The molecule has 0 atom stereocenters. The maximum Gasteiger partial charge on any atom is 0.335 e. The molecule has 0 bridgehead atoms. The van der Waals surface area contributed by atoms with E-state index < -0.39 is 27.1 Å². The van der Waals surface area contributed by atoms with E-state index in [4.69, 9.17) is 5.11 Å². The molecule has 0 radical (unpaired) electrons. The Labute approximate surface area is 133 Å². The van der Waals surface area contributed by atoms with E-state index in [1.54, 1.807) is 0 Å². The fourth-order valence-electron chi connectivity index (χ4n) is 2.63. The van der Waals surface area contributed by atoms with Crippen molar-refractivity contribution in [1.82, 2.24) is 0 Å². The number of carboxylic acids is 1. The third-order valence-electron chi connectivity index (χ3n) is 3.95. The van der Waals surface area contributed by atoms with E-state index in [1.807, 2.05) is 6.07 Å². The molecule has 1 aliphatic rings. The third kappa shape index (κ3) is 3.51. The lowest BCUT2D eigenvalue weighted by molar-refractivity contribution is -0.122. The van der Waals surface area contributed by atoms with Crippen molar-refractivity contribution in [3.63, 3.8) is 0 Å². The van der Waals surface area contributed by atoms with E-state index in [1.165, 1.54) is 12.1 Å². The van der Waals surface area contributed by atoms with Gasteiger partial charge in [-0.25, -0.2) is 13.2 Å². The van der Waals surface area contributed by atoms with Gasteiger partial charge in [0, 0.05) is 11.9 Å². The highest BCUT2D eigenvalue weighted by Gasteiger charge is 2.41. The van der Waals surface area contributed by atoms with Crippen LogP contribution in [0.25, 0.3) is 0 Å². The Hall–Kier alpha value is -2.40. The zero-order chi connectivity index (χ0) is 17.3. The number of hydrogen-bond donors (Lipinski definition) is 2. The molecule has 122 valence electrons. The number of sulfone groups is 1. The normalized spacial score (nSPS) is 16.5. The molecule has 0 aliphatic heterocycles. The fourth-order valence-corrected chi connectivity index (χ4v) is 3.31. The van der Waals surface area contributed by atoms with Gasteiger partial charge in [0.25, 0.3) is 0 Å². The van der Waals surface area contributed by atoms with Crippen LogP contribution in [0.5, 0.6) is 0 Å². The van der Waals surface area contributed by atoms with Crippen LogP contribution in [0.4, 0.5) is 5.69 Å². The van der Waals surface area contributed by atoms with E-state index in [2.05, 4.69) is 5.32 Å². The minimum atomic E-state index is -3.64. The first kappa shape index (κ1) is 17.0. The highest BCUT2D eigenvalue weighted by atomic mass is 32.2. The van der Waals surface area contributed by atoms with Crippen LogP contribution in [0.1, 0.15) is 36.0 Å². The van der Waals surface area contributed by atoms with E-state index in [-0.39, 0.29) is 16.1 Å². The molecule has 1 fully saturated rings. The van der Waals surface area contributed by atoms with Crippen LogP contribution in [0.3, 0.4) is 0 Å². The number of anilines is 1. The van der Waals surface area contributed by atoms with Crippen LogP contribution in [-0.4, -0.2) is 31.7 Å². The number of hydrogen-bond acceptors (Lipinski definition) is 5. The van der Waals surface area contributed by atoms with Crippen molar-refractivity contribution >= 4 is 27.4 Å². The molecule has 1 aromatic carbocycles. The summed E-state index contributed by atoms with van der Waals surface area (Å²) < 4.78 is 23.3. The Morgan fingerprint density at radius 3 is 2.35 bits per heavy atom. The zero-order valence-electron chi connectivity index (χ0n) is 12.5. The van der Waals surface area contributed by atoms with Crippen LogP contribution >= 0.6 is 0 Å². The molecule has 8 heteroatoms. The monoisotopic (exact) mass is 336 g/mol. The molecule has 7 nitrogen and oxygen atoms in total. The van der Waals surface area contributed by atoms with E-state index in [0.29, 0.717) is 12.8 Å². The van der Waals surface area contributed by atoms with Crippen molar-refractivity contribution < 1.29 is 23.1 Å². The van der Waals surface area contributed by atoms with Gasteiger partial charge in [-0.2, -0.15) is 5.26 Å². The molecule has 0 aromatic heterocycles. The van der Waals surface area contributed by atoms with Gasteiger partial charge in [0.1, 0.15) is 5.41 Å². The summed E-state index contributed by atoms with van der Waals surface area (Å²) in [4.78, 5) is 23.3. The first-order valence-electron chi connectivity index (χ1n) is 6.99. The zero-order valence-corrected chi connectivity index (χ0v) is 13.3. The van der Waals surface area contributed by atoms with Gasteiger partial charge >= 0.3 is 5.97 Å². The predicted octanol–water partition coefficient (Wildman–Crippen LogP) is 1.81. The molecule has 0 saturated heterocycles. The molecule has 0 unspecified atom stereocenters. The van der Waals surface area contributed by atoms with Crippen LogP contribution < -0.4 is 5.32 Å². The Balaban J connectivity index is 2.40. The van der Waals surface area contributed by atoms with Gasteiger partial charge < -0.3 is 10.4 Å². The van der Waals surface area contributed by atoms with Crippen molar-refractivity contribution in [2.45, 2.75) is 30.6 Å². The van der Waals surface area contributed by atoms with Crippen molar-refractivity contribution in [3.8, 4) is 6.07 Å². The summed E-state index contributed by atoms with van der Waals surface area (Å²) in [6.07, 6.45) is 3.36. The summed E-state index contributed by atoms with van der Waals surface area (Å²) in [6.45, 7) is 0. The quantitative estimate of drug-likeness (QED) is 0.864. The summed E-state index contributed by atoms with van der Waals surface area (Å²) in [5.41, 5.74) is -1.33. The lowest BCUT2D eigenvalue weighted by atomic mass is 9.87. The number of rotatable bonds is 4. The van der Waals surface area contributed by atoms with Crippen LogP contribution in [0.2, 0.25) is 0 Å². The average Bonchev–Trinajstić information content (AvgIpc) is 2.96. The second kappa shape index (κ2) is 6.01. The fraction of sp³-hybridized carbons (Fsp3) is 0.400. The lowest BCUT2D eigenvalue weighted by Gasteiger charge is -2.19. The van der Waals surface area contributed by atoms with E-state index in [9.17, 15) is 23.3 Å². The maximum absolute atomic E-state index is 12.4. The Morgan fingerprint density at radius 1 is 1.26 bits per heavy atom. The number of carbonyl (C=O) groups is 2. The van der Waals surface area contributed by atoms with Gasteiger partial charge in [0.2, 0.25) is 5.91 Å². The first-order chi connectivity index (χ1) is 10.7. The Morgan fingerprint density at radius 2 is 1.87 bits per heavy atom. The number of carbonyl (C=O) groups excluding carboxylic acids is 1. The Bertz CT molecular complexity index is 802. The summed E-state index contributed by atoms with van der Waals surface area (Å²) in [5.74, 6) is -1.83. The highest BCUT2D eigenvalue weighted by Crippen LogP contribution is 2.38. The van der Waals surface area contributed by atoms with Crippen LogP contribution in [0.15, 0.2) is 23.1 Å². The summed E-state index contributed by atoms with van der Waals surface area (Å²) in [5, 5.41) is 20.9. The number of amides is 1. The van der Waals surface area contributed by atoms with Crippen LogP contribution in [-0.2, 0) is 14.6 Å². The third-order valence-corrected chi connectivity index (χ3v) is 5.04.